The van der Waals surface area contributed by atoms with E-state index in [0.717, 1.165) is 53.1 Å². The Kier molecular flexibility index (Phi) is 6.80. The Morgan fingerprint density at radius 2 is 1.77 bits per heavy atom. The van der Waals surface area contributed by atoms with Gasteiger partial charge in [0.05, 0.1) is 17.6 Å². The predicted molar refractivity (Wildman–Crippen MR) is 122 cm³/mol. The normalized spacial score (nSPS) is 11.6. The van der Waals surface area contributed by atoms with E-state index >= 15 is 0 Å². The van der Waals surface area contributed by atoms with Crippen molar-refractivity contribution in [3.05, 3.63) is 59.4 Å². The van der Waals surface area contributed by atoms with E-state index in [2.05, 4.69) is 48.0 Å². The van der Waals surface area contributed by atoms with Crippen LogP contribution in [0.15, 0.2) is 42.5 Å². The first-order chi connectivity index (χ1) is 14.3. The molecule has 1 heterocycles. The van der Waals surface area contributed by atoms with E-state index in [1.807, 2.05) is 39.0 Å². The number of rotatable bonds is 8. The Hall–Kier alpha value is -2.82. The van der Waals surface area contributed by atoms with Crippen LogP contribution in [0.3, 0.4) is 0 Å². The molecule has 3 rings (SSSR count). The second-order valence-corrected chi connectivity index (χ2v) is 8.85. The SMILES string of the molecule is Cc1cccc(C)c1OCCn1c(CCCNC(=O)C(C)(C)C)nc2ccccc21. The highest BCUT2D eigenvalue weighted by Crippen LogP contribution is 2.23. The average molecular weight is 408 g/mol. The zero-order valence-corrected chi connectivity index (χ0v) is 18.8. The third-order valence-corrected chi connectivity index (χ3v) is 5.25. The molecule has 0 saturated heterocycles. The van der Waals surface area contributed by atoms with Gasteiger partial charge in [0, 0.05) is 18.4 Å². The summed E-state index contributed by atoms with van der Waals surface area (Å²) in [6.45, 7) is 11.9. The van der Waals surface area contributed by atoms with Gasteiger partial charge in [0.25, 0.3) is 0 Å². The molecule has 0 atom stereocenters. The number of imidazole rings is 1. The van der Waals surface area contributed by atoms with Crippen LogP contribution in [0, 0.1) is 19.3 Å². The van der Waals surface area contributed by atoms with Crippen molar-refractivity contribution >= 4 is 16.9 Å². The van der Waals surface area contributed by atoms with Crippen LogP contribution in [0.1, 0.15) is 44.1 Å². The monoisotopic (exact) mass is 407 g/mol. The van der Waals surface area contributed by atoms with Gasteiger partial charge in [0.15, 0.2) is 0 Å². The molecule has 0 aliphatic rings. The Morgan fingerprint density at radius 3 is 2.47 bits per heavy atom. The van der Waals surface area contributed by atoms with Gasteiger partial charge in [-0.25, -0.2) is 4.98 Å². The highest BCUT2D eigenvalue weighted by Gasteiger charge is 2.20. The molecule has 0 bridgehead atoms. The van der Waals surface area contributed by atoms with Crippen molar-refractivity contribution < 1.29 is 9.53 Å². The quantitative estimate of drug-likeness (QED) is 0.544. The molecule has 1 aromatic heterocycles. The van der Waals surface area contributed by atoms with Crippen molar-refractivity contribution in [2.24, 2.45) is 5.41 Å². The molecule has 160 valence electrons. The minimum absolute atomic E-state index is 0.0815. The zero-order valence-electron chi connectivity index (χ0n) is 18.8. The summed E-state index contributed by atoms with van der Waals surface area (Å²) in [5.41, 5.74) is 4.06. The Bertz CT molecular complexity index is 995. The van der Waals surface area contributed by atoms with E-state index in [4.69, 9.17) is 9.72 Å². The van der Waals surface area contributed by atoms with Gasteiger partial charge >= 0.3 is 0 Å². The van der Waals surface area contributed by atoms with Gasteiger partial charge in [-0.2, -0.15) is 0 Å². The highest BCUT2D eigenvalue weighted by atomic mass is 16.5. The van der Waals surface area contributed by atoms with Gasteiger partial charge in [0.1, 0.15) is 18.2 Å². The molecule has 0 spiro atoms. The number of aromatic nitrogens is 2. The number of fused-ring (bicyclic) bond motifs is 1. The van der Waals surface area contributed by atoms with Gasteiger partial charge in [-0.3, -0.25) is 4.79 Å². The number of hydrogen-bond donors (Lipinski definition) is 1. The molecule has 5 nitrogen and oxygen atoms in total. The number of carbonyl (C=O) groups is 1. The summed E-state index contributed by atoms with van der Waals surface area (Å²) in [5.74, 6) is 2.08. The number of amides is 1. The highest BCUT2D eigenvalue weighted by molar-refractivity contribution is 5.81. The van der Waals surface area contributed by atoms with Crippen LogP contribution in [0.5, 0.6) is 5.75 Å². The first kappa shape index (κ1) is 21.9. The molecule has 1 N–H and O–H groups in total. The molecule has 0 aliphatic heterocycles. The van der Waals surface area contributed by atoms with Crippen molar-refractivity contribution in [2.45, 2.75) is 54.0 Å². The minimum Gasteiger partial charge on any atom is -0.491 e. The fraction of sp³-hybridized carbons (Fsp3) is 0.440. The number of ether oxygens (including phenoxy) is 1. The van der Waals surface area contributed by atoms with Crippen LogP contribution in [0.25, 0.3) is 11.0 Å². The molecular formula is C25H33N3O2. The summed E-state index contributed by atoms with van der Waals surface area (Å²) in [6.07, 6.45) is 1.66. The number of nitrogens with one attached hydrogen (secondary N) is 1. The van der Waals surface area contributed by atoms with Crippen LogP contribution < -0.4 is 10.1 Å². The molecule has 0 aliphatic carbocycles. The van der Waals surface area contributed by atoms with E-state index in [9.17, 15) is 4.79 Å². The van der Waals surface area contributed by atoms with E-state index < -0.39 is 0 Å². The second kappa shape index (κ2) is 9.33. The molecule has 3 aromatic rings. The van der Waals surface area contributed by atoms with Gasteiger partial charge in [-0.05, 0) is 43.5 Å². The third-order valence-electron chi connectivity index (χ3n) is 5.25. The number of benzene rings is 2. The first-order valence-electron chi connectivity index (χ1n) is 10.7. The van der Waals surface area contributed by atoms with E-state index in [1.165, 1.54) is 0 Å². The molecule has 0 unspecified atom stereocenters. The summed E-state index contributed by atoms with van der Waals surface area (Å²) in [7, 11) is 0. The lowest BCUT2D eigenvalue weighted by atomic mass is 9.96. The van der Waals surface area contributed by atoms with Gasteiger partial charge in [-0.15, -0.1) is 0 Å². The molecule has 0 fully saturated rings. The average Bonchev–Trinajstić information content (AvgIpc) is 3.04. The lowest BCUT2D eigenvalue weighted by Gasteiger charge is -2.17. The Morgan fingerprint density at radius 1 is 1.07 bits per heavy atom. The van der Waals surface area contributed by atoms with Crippen LogP contribution >= 0.6 is 0 Å². The van der Waals surface area contributed by atoms with Gasteiger partial charge < -0.3 is 14.6 Å². The number of para-hydroxylation sites is 3. The summed E-state index contributed by atoms with van der Waals surface area (Å²) in [4.78, 5) is 16.9. The first-order valence-corrected chi connectivity index (χ1v) is 10.7. The van der Waals surface area contributed by atoms with Crippen molar-refractivity contribution in [2.75, 3.05) is 13.2 Å². The van der Waals surface area contributed by atoms with Crippen LogP contribution in [0.2, 0.25) is 0 Å². The smallest absolute Gasteiger partial charge is 0.225 e. The number of nitrogens with zero attached hydrogens (tertiary/aromatic N) is 2. The summed E-state index contributed by atoms with van der Waals surface area (Å²) < 4.78 is 8.38. The standard InChI is InChI=1S/C25H33N3O2/c1-18-10-8-11-19(2)23(18)30-17-16-28-21-13-7-6-12-20(21)27-22(28)14-9-15-26-24(29)25(3,4)5/h6-8,10-13H,9,14-17H2,1-5H3,(H,26,29). The molecule has 30 heavy (non-hydrogen) atoms. The maximum Gasteiger partial charge on any atom is 0.225 e. The molecule has 0 saturated carbocycles. The Labute approximate surface area is 179 Å². The van der Waals surface area contributed by atoms with Crippen LogP contribution in [0.4, 0.5) is 0 Å². The van der Waals surface area contributed by atoms with Crippen molar-refractivity contribution in [1.29, 1.82) is 0 Å². The maximum absolute atomic E-state index is 12.1. The minimum atomic E-state index is -0.363. The lowest BCUT2D eigenvalue weighted by molar-refractivity contribution is -0.128. The topological polar surface area (TPSA) is 56.1 Å². The second-order valence-electron chi connectivity index (χ2n) is 8.85. The van der Waals surface area contributed by atoms with Crippen molar-refractivity contribution in [3.63, 3.8) is 0 Å². The molecule has 2 aromatic carbocycles. The molecular weight excluding hydrogens is 374 g/mol. The predicted octanol–water partition coefficient (Wildman–Crippen LogP) is 4.83. The Balaban J connectivity index is 1.67. The summed E-state index contributed by atoms with van der Waals surface area (Å²) >= 11 is 0. The maximum atomic E-state index is 12.1. The van der Waals surface area contributed by atoms with Crippen LogP contribution in [-0.4, -0.2) is 28.6 Å². The van der Waals surface area contributed by atoms with Crippen LogP contribution in [-0.2, 0) is 17.8 Å². The lowest BCUT2D eigenvalue weighted by Crippen LogP contribution is -2.35. The van der Waals surface area contributed by atoms with Crippen molar-refractivity contribution in [3.8, 4) is 5.75 Å². The summed E-state index contributed by atoms with van der Waals surface area (Å²) in [6, 6.07) is 14.4. The summed E-state index contributed by atoms with van der Waals surface area (Å²) in [5, 5.41) is 3.02. The van der Waals surface area contributed by atoms with E-state index in [0.29, 0.717) is 13.2 Å². The van der Waals surface area contributed by atoms with E-state index in [-0.39, 0.29) is 11.3 Å². The van der Waals surface area contributed by atoms with Crippen molar-refractivity contribution in [1.82, 2.24) is 14.9 Å². The fourth-order valence-electron chi connectivity index (χ4n) is 3.55. The zero-order chi connectivity index (χ0) is 21.7. The number of aryl methyl sites for hydroxylation is 3. The third kappa shape index (κ3) is 5.21. The molecule has 5 heteroatoms. The molecule has 0 radical (unpaired) electrons. The number of hydrogen-bond acceptors (Lipinski definition) is 3. The van der Waals surface area contributed by atoms with Gasteiger partial charge in [0.2, 0.25) is 5.91 Å². The largest absolute Gasteiger partial charge is 0.491 e. The fourth-order valence-corrected chi connectivity index (χ4v) is 3.55. The van der Waals surface area contributed by atoms with Gasteiger partial charge in [-0.1, -0.05) is 51.1 Å². The molecule has 1 amide bonds. The van der Waals surface area contributed by atoms with E-state index in [1.54, 1.807) is 0 Å². The number of carbonyl (C=O) groups excluding carboxylic acids is 1.